The Bertz CT molecular complexity index is 613. The van der Waals surface area contributed by atoms with Crippen LogP contribution in [0.15, 0.2) is 42.5 Å². The SMILES string of the molecule is CN(C)CCNc1ccc(C(=O)NCCCc2ccccc2)nn1. The molecular weight excluding hydrogens is 302 g/mol. The summed E-state index contributed by atoms with van der Waals surface area (Å²) in [4.78, 5) is 14.1. The van der Waals surface area contributed by atoms with E-state index in [0.717, 1.165) is 25.9 Å². The molecule has 0 fully saturated rings. The molecular formula is C18H25N5O. The Balaban J connectivity index is 1.70. The maximum Gasteiger partial charge on any atom is 0.271 e. The van der Waals surface area contributed by atoms with Crippen LogP contribution in [0.25, 0.3) is 0 Å². The average Bonchev–Trinajstić information content (AvgIpc) is 2.60. The second-order valence-electron chi connectivity index (χ2n) is 5.88. The molecule has 1 aromatic heterocycles. The van der Waals surface area contributed by atoms with Crippen LogP contribution >= 0.6 is 0 Å². The Kier molecular flexibility index (Phi) is 7.17. The van der Waals surface area contributed by atoms with Crippen molar-refractivity contribution in [3.05, 3.63) is 53.7 Å². The van der Waals surface area contributed by atoms with E-state index in [9.17, 15) is 4.79 Å². The highest BCUT2D eigenvalue weighted by molar-refractivity contribution is 5.92. The van der Waals surface area contributed by atoms with E-state index in [4.69, 9.17) is 0 Å². The number of amides is 1. The lowest BCUT2D eigenvalue weighted by atomic mass is 10.1. The third kappa shape index (κ3) is 6.34. The first-order valence-electron chi connectivity index (χ1n) is 8.19. The molecule has 6 nitrogen and oxygen atoms in total. The van der Waals surface area contributed by atoms with E-state index in [1.165, 1.54) is 5.56 Å². The van der Waals surface area contributed by atoms with Crippen LogP contribution < -0.4 is 10.6 Å². The van der Waals surface area contributed by atoms with Crippen molar-refractivity contribution < 1.29 is 4.79 Å². The highest BCUT2D eigenvalue weighted by Crippen LogP contribution is 2.03. The minimum Gasteiger partial charge on any atom is -0.367 e. The number of rotatable bonds is 9. The molecule has 0 saturated heterocycles. The van der Waals surface area contributed by atoms with Gasteiger partial charge in [-0.1, -0.05) is 30.3 Å². The van der Waals surface area contributed by atoms with Crippen molar-refractivity contribution in [1.29, 1.82) is 0 Å². The summed E-state index contributed by atoms with van der Waals surface area (Å²) in [6, 6.07) is 13.7. The van der Waals surface area contributed by atoms with E-state index in [-0.39, 0.29) is 5.91 Å². The molecule has 0 bridgehead atoms. The molecule has 0 aliphatic carbocycles. The third-order valence-corrected chi connectivity index (χ3v) is 3.53. The summed E-state index contributed by atoms with van der Waals surface area (Å²) >= 11 is 0. The molecule has 2 N–H and O–H groups in total. The molecule has 0 unspecified atom stereocenters. The van der Waals surface area contributed by atoms with E-state index < -0.39 is 0 Å². The van der Waals surface area contributed by atoms with E-state index in [2.05, 4.69) is 37.9 Å². The summed E-state index contributed by atoms with van der Waals surface area (Å²) in [6.45, 7) is 2.32. The molecule has 2 aromatic rings. The van der Waals surface area contributed by atoms with Crippen LogP contribution in [0.4, 0.5) is 5.82 Å². The largest absolute Gasteiger partial charge is 0.367 e. The average molecular weight is 327 g/mol. The molecule has 0 saturated carbocycles. The number of hydrogen-bond donors (Lipinski definition) is 2. The number of benzene rings is 1. The Labute approximate surface area is 143 Å². The predicted molar refractivity (Wildman–Crippen MR) is 96.2 cm³/mol. The zero-order chi connectivity index (χ0) is 17.2. The molecule has 2 rings (SSSR count). The number of likely N-dealkylation sites (N-methyl/N-ethyl adjacent to an activating group) is 1. The molecule has 0 aliphatic heterocycles. The lowest BCUT2D eigenvalue weighted by Crippen LogP contribution is -2.26. The van der Waals surface area contributed by atoms with Crippen LogP contribution in [0.3, 0.4) is 0 Å². The Morgan fingerprint density at radius 1 is 1.04 bits per heavy atom. The molecule has 1 aromatic carbocycles. The van der Waals surface area contributed by atoms with Gasteiger partial charge < -0.3 is 15.5 Å². The van der Waals surface area contributed by atoms with Crippen LogP contribution in [-0.2, 0) is 6.42 Å². The fourth-order valence-electron chi connectivity index (χ4n) is 2.18. The van der Waals surface area contributed by atoms with Gasteiger partial charge in [-0.15, -0.1) is 10.2 Å². The van der Waals surface area contributed by atoms with Crippen LogP contribution in [0.5, 0.6) is 0 Å². The molecule has 6 heteroatoms. The molecule has 0 aliphatic rings. The van der Waals surface area contributed by atoms with Gasteiger partial charge in [0.05, 0.1) is 0 Å². The van der Waals surface area contributed by atoms with Crippen molar-refractivity contribution in [3.63, 3.8) is 0 Å². The van der Waals surface area contributed by atoms with Crippen LogP contribution in [0.1, 0.15) is 22.5 Å². The maximum absolute atomic E-state index is 12.0. The van der Waals surface area contributed by atoms with E-state index in [0.29, 0.717) is 18.1 Å². The second kappa shape index (κ2) is 9.62. The Morgan fingerprint density at radius 2 is 1.83 bits per heavy atom. The molecule has 0 atom stereocenters. The molecule has 1 amide bonds. The van der Waals surface area contributed by atoms with Crippen molar-refractivity contribution in [3.8, 4) is 0 Å². The smallest absolute Gasteiger partial charge is 0.271 e. The van der Waals surface area contributed by atoms with Gasteiger partial charge in [0.1, 0.15) is 5.82 Å². The lowest BCUT2D eigenvalue weighted by molar-refractivity contribution is 0.0947. The van der Waals surface area contributed by atoms with Crippen molar-refractivity contribution in [1.82, 2.24) is 20.4 Å². The number of nitrogens with one attached hydrogen (secondary N) is 2. The van der Waals surface area contributed by atoms with Gasteiger partial charge in [-0.3, -0.25) is 4.79 Å². The highest BCUT2D eigenvalue weighted by atomic mass is 16.1. The first kappa shape index (κ1) is 17.9. The van der Waals surface area contributed by atoms with Crippen molar-refractivity contribution in [2.45, 2.75) is 12.8 Å². The van der Waals surface area contributed by atoms with E-state index >= 15 is 0 Å². The zero-order valence-corrected chi connectivity index (χ0v) is 14.3. The molecule has 0 spiro atoms. The van der Waals surface area contributed by atoms with Crippen LogP contribution in [0, 0.1) is 0 Å². The van der Waals surface area contributed by atoms with Crippen LogP contribution in [0.2, 0.25) is 0 Å². The van der Waals surface area contributed by atoms with Crippen molar-refractivity contribution in [2.75, 3.05) is 39.0 Å². The minimum absolute atomic E-state index is 0.185. The fourth-order valence-corrected chi connectivity index (χ4v) is 2.18. The predicted octanol–water partition coefficient (Wildman–Crippen LogP) is 1.81. The van der Waals surface area contributed by atoms with Crippen LogP contribution in [-0.4, -0.2) is 54.7 Å². The summed E-state index contributed by atoms with van der Waals surface area (Å²) in [6.07, 6.45) is 1.84. The number of carbonyl (C=O) groups is 1. The summed E-state index contributed by atoms with van der Waals surface area (Å²) in [7, 11) is 4.02. The number of carbonyl (C=O) groups excluding carboxylic acids is 1. The first-order chi connectivity index (χ1) is 11.6. The normalized spacial score (nSPS) is 10.6. The fraction of sp³-hybridized carbons (Fsp3) is 0.389. The van der Waals surface area contributed by atoms with E-state index in [1.807, 2.05) is 32.3 Å². The van der Waals surface area contributed by atoms with Gasteiger partial charge in [0.15, 0.2) is 5.69 Å². The standard InChI is InChI=1S/C18H25N5O/c1-23(2)14-13-19-17-11-10-16(21-22-17)18(24)20-12-6-9-15-7-4-3-5-8-15/h3-5,7-8,10-11H,6,9,12-14H2,1-2H3,(H,19,22)(H,20,24). The minimum atomic E-state index is -0.185. The molecule has 128 valence electrons. The Hall–Kier alpha value is -2.47. The number of aromatic nitrogens is 2. The van der Waals surface area contributed by atoms with Crippen molar-refractivity contribution >= 4 is 11.7 Å². The first-order valence-corrected chi connectivity index (χ1v) is 8.19. The van der Waals surface area contributed by atoms with Gasteiger partial charge >= 0.3 is 0 Å². The lowest BCUT2D eigenvalue weighted by Gasteiger charge is -2.10. The van der Waals surface area contributed by atoms with Gasteiger partial charge in [0, 0.05) is 19.6 Å². The maximum atomic E-state index is 12.0. The monoisotopic (exact) mass is 327 g/mol. The summed E-state index contributed by atoms with van der Waals surface area (Å²) in [5.41, 5.74) is 1.62. The molecule has 24 heavy (non-hydrogen) atoms. The zero-order valence-electron chi connectivity index (χ0n) is 14.3. The summed E-state index contributed by atoms with van der Waals surface area (Å²) in [5, 5.41) is 14.1. The summed E-state index contributed by atoms with van der Waals surface area (Å²) < 4.78 is 0. The highest BCUT2D eigenvalue weighted by Gasteiger charge is 2.07. The number of anilines is 1. The van der Waals surface area contributed by atoms with Crippen molar-refractivity contribution in [2.24, 2.45) is 0 Å². The number of aryl methyl sites for hydroxylation is 1. The quantitative estimate of drug-likeness (QED) is 0.688. The Morgan fingerprint density at radius 3 is 2.50 bits per heavy atom. The number of nitrogens with zero attached hydrogens (tertiary/aromatic N) is 3. The van der Waals surface area contributed by atoms with Gasteiger partial charge in [-0.2, -0.15) is 0 Å². The van der Waals surface area contributed by atoms with Gasteiger partial charge in [-0.05, 0) is 44.6 Å². The molecule has 0 radical (unpaired) electrons. The molecule has 1 heterocycles. The van der Waals surface area contributed by atoms with Gasteiger partial charge in [0.25, 0.3) is 5.91 Å². The van der Waals surface area contributed by atoms with Gasteiger partial charge in [-0.25, -0.2) is 0 Å². The topological polar surface area (TPSA) is 70.2 Å². The summed E-state index contributed by atoms with van der Waals surface area (Å²) in [5.74, 6) is 0.493. The number of hydrogen-bond acceptors (Lipinski definition) is 5. The third-order valence-electron chi connectivity index (χ3n) is 3.53. The van der Waals surface area contributed by atoms with E-state index in [1.54, 1.807) is 12.1 Å². The second-order valence-corrected chi connectivity index (χ2v) is 5.88. The van der Waals surface area contributed by atoms with Gasteiger partial charge in [0.2, 0.25) is 0 Å².